The molecule has 2 aromatic rings. The predicted octanol–water partition coefficient (Wildman–Crippen LogP) is 3.49. The number of pyridine rings is 1. The number of nitrogens with two attached hydrogens (primary N) is 1. The minimum Gasteiger partial charge on any atom is -0.326 e. The fraction of sp³-hybridized carbons (Fsp3) is 0.214. The molecule has 0 bridgehead atoms. The third kappa shape index (κ3) is 2.85. The summed E-state index contributed by atoms with van der Waals surface area (Å²) in [6, 6.07) is 8.03. The van der Waals surface area contributed by atoms with Gasteiger partial charge in [0.25, 0.3) is 0 Å². The molecule has 100 valence electrons. The van der Waals surface area contributed by atoms with Crippen LogP contribution in [0.25, 0.3) is 0 Å². The van der Waals surface area contributed by atoms with E-state index in [0.717, 1.165) is 11.3 Å². The number of benzene rings is 1. The van der Waals surface area contributed by atoms with Crippen LogP contribution in [-0.4, -0.2) is 11.5 Å². The number of rotatable bonds is 4. The van der Waals surface area contributed by atoms with E-state index in [0.29, 0.717) is 23.9 Å². The number of hydrogen-bond acceptors (Lipinski definition) is 3. The first-order chi connectivity index (χ1) is 9.17. The number of anilines is 2. The Morgan fingerprint density at radius 2 is 1.95 bits per heavy atom. The van der Waals surface area contributed by atoms with Gasteiger partial charge in [0.1, 0.15) is 5.82 Å². The van der Waals surface area contributed by atoms with Crippen LogP contribution in [0.2, 0.25) is 5.02 Å². The summed E-state index contributed by atoms with van der Waals surface area (Å²) in [6.45, 7) is 3.01. The molecule has 0 aliphatic rings. The van der Waals surface area contributed by atoms with E-state index in [4.69, 9.17) is 17.3 Å². The van der Waals surface area contributed by atoms with Gasteiger partial charge >= 0.3 is 0 Å². The highest BCUT2D eigenvalue weighted by Gasteiger charge is 2.14. The van der Waals surface area contributed by atoms with Gasteiger partial charge in [0.2, 0.25) is 0 Å². The van der Waals surface area contributed by atoms with Crippen molar-refractivity contribution in [1.82, 2.24) is 4.98 Å². The molecule has 1 heterocycles. The highest BCUT2D eigenvalue weighted by molar-refractivity contribution is 6.33. The van der Waals surface area contributed by atoms with Crippen LogP contribution in [0, 0.1) is 5.82 Å². The Morgan fingerprint density at radius 3 is 2.53 bits per heavy atom. The molecule has 2 rings (SSSR count). The molecule has 19 heavy (non-hydrogen) atoms. The van der Waals surface area contributed by atoms with Gasteiger partial charge in [0.05, 0.1) is 5.02 Å². The first-order valence-electron chi connectivity index (χ1n) is 6.04. The summed E-state index contributed by atoms with van der Waals surface area (Å²) in [5.74, 6) is 0.369. The zero-order valence-electron chi connectivity index (χ0n) is 10.6. The molecule has 0 aliphatic heterocycles. The van der Waals surface area contributed by atoms with Gasteiger partial charge in [-0.2, -0.15) is 0 Å². The number of nitrogens with zero attached hydrogens (tertiary/aromatic N) is 2. The minimum absolute atomic E-state index is 0.269. The van der Waals surface area contributed by atoms with Gasteiger partial charge in [-0.1, -0.05) is 11.6 Å². The van der Waals surface area contributed by atoms with E-state index in [9.17, 15) is 4.39 Å². The van der Waals surface area contributed by atoms with Crippen LogP contribution in [0.1, 0.15) is 12.5 Å². The Labute approximate surface area is 116 Å². The lowest BCUT2D eigenvalue weighted by atomic mass is 10.2. The molecule has 3 nitrogen and oxygen atoms in total. The molecule has 0 amide bonds. The summed E-state index contributed by atoms with van der Waals surface area (Å²) in [4.78, 5) is 6.22. The summed E-state index contributed by atoms with van der Waals surface area (Å²) in [7, 11) is 0. The second-order valence-corrected chi connectivity index (χ2v) is 4.41. The van der Waals surface area contributed by atoms with E-state index in [1.165, 1.54) is 12.1 Å². The molecule has 1 aromatic carbocycles. The van der Waals surface area contributed by atoms with Crippen molar-refractivity contribution in [3.63, 3.8) is 0 Å². The molecule has 0 saturated carbocycles. The number of aromatic nitrogens is 1. The largest absolute Gasteiger partial charge is 0.326 e. The van der Waals surface area contributed by atoms with Crippen molar-refractivity contribution in [1.29, 1.82) is 0 Å². The van der Waals surface area contributed by atoms with Crippen molar-refractivity contribution in [3.05, 3.63) is 52.9 Å². The molecular formula is C14H15ClFN3. The second-order valence-electron chi connectivity index (χ2n) is 4.03. The lowest BCUT2D eigenvalue weighted by molar-refractivity contribution is 0.628. The quantitative estimate of drug-likeness (QED) is 0.931. The van der Waals surface area contributed by atoms with Crippen LogP contribution in [0.4, 0.5) is 15.9 Å². The average molecular weight is 280 g/mol. The summed E-state index contributed by atoms with van der Waals surface area (Å²) in [5, 5.41) is 0.538. The van der Waals surface area contributed by atoms with Crippen molar-refractivity contribution in [2.24, 2.45) is 5.73 Å². The maximum atomic E-state index is 13.0. The van der Waals surface area contributed by atoms with Crippen molar-refractivity contribution >= 4 is 23.1 Å². The SMILES string of the molecule is CCN(c1ccc(F)cc1)c1nccc(CN)c1Cl. The molecule has 2 N–H and O–H groups in total. The normalized spacial score (nSPS) is 10.5. The summed E-state index contributed by atoms with van der Waals surface area (Å²) in [5.41, 5.74) is 7.32. The van der Waals surface area contributed by atoms with E-state index < -0.39 is 0 Å². The van der Waals surface area contributed by atoms with Gasteiger partial charge in [-0.05, 0) is 42.8 Å². The Hall–Kier alpha value is -1.65. The standard InChI is InChI=1S/C14H15ClFN3/c1-2-19(12-5-3-11(16)4-6-12)14-13(15)10(9-17)7-8-18-14/h3-8H,2,9,17H2,1H3. The second kappa shape index (κ2) is 5.99. The molecule has 0 saturated heterocycles. The fourth-order valence-electron chi connectivity index (χ4n) is 1.89. The van der Waals surface area contributed by atoms with Gasteiger partial charge in [-0.3, -0.25) is 0 Å². The van der Waals surface area contributed by atoms with Gasteiger partial charge in [0, 0.05) is 25.0 Å². The van der Waals surface area contributed by atoms with Crippen LogP contribution in [0.3, 0.4) is 0 Å². The minimum atomic E-state index is -0.269. The molecule has 0 atom stereocenters. The number of hydrogen-bond donors (Lipinski definition) is 1. The molecule has 0 fully saturated rings. The molecule has 1 aromatic heterocycles. The van der Waals surface area contributed by atoms with Crippen molar-refractivity contribution in [3.8, 4) is 0 Å². The zero-order valence-corrected chi connectivity index (χ0v) is 11.4. The van der Waals surface area contributed by atoms with E-state index in [1.807, 2.05) is 11.8 Å². The first kappa shape index (κ1) is 13.8. The maximum absolute atomic E-state index is 13.0. The predicted molar refractivity (Wildman–Crippen MR) is 76.2 cm³/mol. The first-order valence-corrected chi connectivity index (χ1v) is 6.41. The van der Waals surface area contributed by atoms with Crippen LogP contribution < -0.4 is 10.6 Å². The highest BCUT2D eigenvalue weighted by atomic mass is 35.5. The summed E-state index contributed by atoms with van der Waals surface area (Å²) in [6.07, 6.45) is 1.68. The third-order valence-corrected chi connectivity index (χ3v) is 3.29. The number of halogens is 2. The average Bonchev–Trinajstić information content (AvgIpc) is 2.43. The van der Waals surface area contributed by atoms with E-state index >= 15 is 0 Å². The van der Waals surface area contributed by atoms with Crippen molar-refractivity contribution in [2.45, 2.75) is 13.5 Å². The molecular weight excluding hydrogens is 265 g/mol. The third-order valence-electron chi connectivity index (χ3n) is 2.88. The Bertz CT molecular complexity index is 557. The smallest absolute Gasteiger partial charge is 0.152 e. The van der Waals surface area contributed by atoms with Crippen LogP contribution in [0.5, 0.6) is 0 Å². The lowest BCUT2D eigenvalue weighted by Gasteiger charge is -2.23. The van der Waals surface area contributed by atoms with Gasteiger partial charge in [-0.25, -0.2) is 9.37 Å². The monoisotopic (exact) mass is 279 g/mol. The molecule has 0 radical (unpaired) electrons. The van der Waals surface area contributed by atoms with Crippen molar-refractivity contribution < 1.29 is 4.39 Å². The van der Waals surface area contributed by atoms with E-state index in [1.54, 1.807) is 24.4 Å². The molecule has 0 aliphatic carbocycles. The Balaban J connectivity index is 2.45. The van der Waals surface area contributed by atoms with Gasteiger partial charge < -0.3 is 10.6 Å². The van der Waals surface area contributed by atoms with Crippen molar-refractivity contribution in [2.75, 3.05) is 11.4 Å². The van der Waals surface area contributed by atoms with E-state index in [-0.39, 0.29) is 5.82 Å². The fourth-order valence-corrected chi connectivity index (χ4v) is 2.18. The van der Waals surface area contributed by atoms with Gasteiger partial charge in [0.15, 0.2) is 5.82 Å². The maximum Gasteiger partial charge on any atom is 0.152 e. The topological polar surface area (TPSA) is 42.2 Å². The van der Waals surface area contributed by atoms with Crippen LogP contribution >= 0.6 is 11.6 Å². The zero-order chi connectivity index (χ0) is 13.8. The Morgan fingerprint density at radius 1 is 1.26 bits per heavy atom. The molecule has 0 spiro atoms. The van der Waals surface area contributed by atoms with Gasteiger partial charge in [-0.15, -0.1) is 0 Å². The highest BCUT2D eigenvalue weighted by Crippen LogP contribution is 2.31. The lowest BCUT2D eigenvalue weighted by Crippen LogP contribution is -2.18. The molecule has 0 unspecified atom stereocenters. The Kier molecular flexibility index (Phi) is 4.35. The van der Waals surface area contributed by atoms with Crippen LogP contribution in [0.15, 0.2) is 36.5 Å². The summed E-state index contributed by atoms with van der Waals surface area (Å²) < 4.78 is 13.0. The van der Waals surface area contributed by atoms with E-state index in [2.05, 4.69) is 4.98 Å². The molecule has 5 heteroatoms. The summed E-state index contributed by atoms with van der Waals surface area (Å²) >= 11 is 6.31. The van der Waals surface area contributed by atoms with Crippen LogP contribution in [-0.2, 0) is 6.54 Å².